The summed E-state index contributed by atoms with van der Waals surface area (Å²) in [5.74, 6) is 0.446. The third-order valence-corrected chi connectivity index (χ3v) is 3.17. The molecule has 1 N–H and O–H groups in total. The third kappa shape index (κ3) is 3.05. The van der Waals surface area contributed by atoms with E-state index in [0.717, 1.165) is 5.56 Å². The lowest BCUT2D eigenvalue weighted by molar-refractivity contribution is 0.383. The first-order valence-corrected chi connectivity index (χ1v) is 6.03. The molecule has 0 radical (unpaired) electrons. The molecule has 0 spiro atoms. The first-order chi connectivity index (χ1) is 7.60. The van der Waals surface area contributed by atoms with Gasteiger partial charge in [0, 0.05) is 6.04 Å². The zero-order chi connectivity index (χ0) is 12.1. The van der Waals surface area contributed by atoms with Crippen molar-refractivity contribution in [2.75, 3.05) is 7.05 Å². The van der Waals surface area contributed by atoms with Gasteiger partial charge in [-0.3, -0.25) is 0 Å². The Morgan fingerprint density at radius 1 is 1.38 bits per heavy atom. The molecule has 0 amide bonds. The molecule has 1 aromatic rings. The largest absolute Gasteiger partial charge is 0.313 e. The quantitative estimate of drug-likeness (QED) is 0.800. The van der Waals surface area contributed by atoms with Crippen LogP contribution in [0.5, 0.6) is 0 Å². The number of halogens is 1. The summed E-state index contributed by atoms with van der Waals surface area (Å²) < 4.78 is 13.2. The predicted octanol–water partition coefficient (Wildman–Crippen LogP) is 3.83. The first-order valence-electron chi connectivity index (χ1n) is 6.03. The molecule has 0 aromatic heterocycles. The van der Waals surface area contributed by atoms with Gasteiger partial charge in [0.25, 0.3) is 0 Å². The monoisotopic (exact) mass is 223 g/mol. The van der Waals surface area contributed by atoms with E-state index in [9.17, 15) is 4.39 Å². The van der Waals surface area contributed by atoms with E-state index in [0.29, 0.717) is 12.0 Å². The number of hydrogen-bond acceptors (Lipinski definition) is 1. The Balaban J connectivity index is 2.90. The van der Waals surface area contributed by atoms with E-state index in [1.807, 2.05) is 26.1 Å². The fourth-order valence-electron chi connectivity index (χ4n) is 2.26. The van der Waals surface area contributed by atoms with Gasteiger partial charge in [-0.15, -0.1) is 0 Å². The molecule has 0 aliphatic rings. The summed E-state index contributed by atoms with van der Waals surface area (Å²) in [6.45, 7) is 6.25. The van der Waals surface area contributed by atoms with E-state index in [1.54, 1.807) is 6.07 Å². The van der Waals surface area contributed by atoms with Gasteiger partial charge in [0.1, 0.15) is 5.82 Å². The Kier molecular flexibility index (Phi) is 4.94. The Hall–Kier alpha value is -0.890. The molecule has 0 fully saturated rings. The number of hydrogen-bond donors (Lipinski definition) is 1. The molecule has 90 valence electrons. The lowest BCUT2D eigenvalue weighted by Crippen LogP contribution is -2.23. The minimum atomic E-state index is -0.123. The van der Waals surface area contributed by atoms with Gasteiger partial charge >= 0.3 is 0 Å². The smallest absolute Gasteiger partial charge is 0.126 e. The predicted molar refractivity (Wildman–Crippen MR) is 67.0 cm³/mol. The van der Waals surface area contributed by atoms with Gasteiger partial charge in [-0.1, -0.05) is 32.4 Å². The van der Waals surface area contributed by atoms with E-state index in [1.165, 1.54) is 18.4 Å². The highest BCUT2D eigenvalue weighted by Gasteiger charge is 2.17. The van der Waals surface area contributed by atoms with Crippen LogP contribution in [0.15, 0.2) is 18.2 Å². The van der Waals surface area contributed by atoms with E-state index < -0.39 is 0 Å². The normalized spacial score (nSPS) is 14.8. The van der Waals surface area contributed by atoms with Crippen LogP contribution in [0.25, 0.3) is 0 Å². The molecule has 1 nitrogen and oxygen atoms in total. The highest BCUT2D eigenvalue weighted by molar-refractivity contribution is 5.26. The van der Waals surface area contributed by atoms with E-state index >= 15 is 0 Å². The van der Waals surface area contributed by atoms with Gasteiger partial charge in [-0.2, -0.15) is 0 Å². The Morgan fingerprint density at radius 2 is 2.06 bits per heavy atom. The highest BCUT2D eigenvalue weighted by Crippen LogP contribution is 2.26. The maximum absolute atomic E-state index is 13.2. The van der Waals surface area contributed by atoms with Crippen molar-refractivity contribution < 1.29 is 4.39 Å². The summed E-state index contributed by atoms with van der Waals surface area (Å²) in [4.78, 5) is 0. The zero-order valence-corrected chi connectivity index (χ0v) is 10.7. The molecular weight excluding hydrogens is 201 g/mol. The molecule has 0 aliphatic carbocycles. The van der Waals surface area contributed by atoms with Crippen LogP contribution in [0.1, 0.15) is 43.9 Å². The minimum Gasteiger partial charge on any atom is -0.313 e. The summed E-state index contributed by atoms with van der Waals surface area (Å²) in [7, 11) is 1.97. The maximum Gasteiger partial charge on any atom is 0.126 e. The topological polar surface area (TPSA) is 12.0 Å². The SMILES string of the molecule is CCCC(C)C(NC)c1ccc(F)c(C)c1. The van der Waals surface area contributed by atoms with Crippen LogP contribution in [0.4, 0.5) is 4.39 Å². The molecule has 0 saturated carbocycles. The number of rotatable bonds is 5. The lowest BCUT2D eigenvalue weighted by Gasteiger charge is -2.24. The molecule has 0 saturated heterocycles. The van der Waals surface area contributed by atoms with Crippen molar-refractivity contribution in [1.29, 1.82) is 0 Å². The number of nitrogens with one attached hydrogen (secondary N) is 1. The van der Waals surface area contributed by atoms with Crippen LogP contribution in [-0.2, 0) is 0 Å². The van der Waals surface area contributed by atoms with E-state index in [-0.39, 0.29) is 5.82 Å². The molecule has 2 atom stereocenters. The highest BCUT2D eigenvalue weighted by atomic mass is 19.1. The minimum absolute atomic E-state index is 0.123. The average Bonchev–Trinajstić information content (AvgIpc) is 2.25. The molecule has 0 bridgehead atoms. The van der Waals surface area contributed by atoms with Crippen LogP contribution >= 0.6 is 0 Å². The van der Waals surface area contributed by atoms with Crippen molar-refractivity contribution in [2.24, 2.45) is 5.92 Å². The summed E-state index contributed by atoms with van der Waals surface area (Å²) in [5.41, 5.74) is 1.91. The second-order valence-electron chi connectivity index (χ2n) is 4.54. The van der Waals surface area contributed by atoms with Gasteiger partial charge in [0.2, 0.25) is 0 Å². The Bertz CT molecular complexity index is 336. The summed E-state index contributed by atoms with van der Waals surface area (Å²) in [6, 6.07) is 5.71. The van der Waals surface area contributed by atoms with Crippen LogP contribution in [0.2, 0.25) is 0 Å². The standard InChI is InChI=1S/C14H22FN/c1-5-6-10(2)14(16-4)12-7-8-13(15)11(3)9-12/h7-10,14,16H,5-6H2,1-4H3. The Labute approximate surface area is 98.1 Å². The fourth-order valence-corrected chi connectivity index (χ4v) is 2.26. The molecule has 2 unspecified atom stereocenters. The summed E-state index contributed by atoms with van der Waals surface area (Å²) in [5, 5.41) is 3.33. The average molecular weight is 223 g/mol. The van der Waals surface area contributed by atoms with Crippen LogP contribution in [-0.4, -0.2) is 7.05 Å². The van der Waals surface area contributed by atoms with Crippen molar-refractivity contribution in [3.8, 4) is 0 Å². The van der Waals surface area contributed by atoms with E-state index in [2.05, 4.69) is 19.2 Å². The third-order valence-electron chi connectivity index (χ3n) is 3.17. The second kappa shape index (κ2) is 6.00. The molecule has 1 rings (SSSR count). The van der Waals surface area contributed by atoms with Crippen molar-refractivity contribution in [3.63, 3.8) is 0 Å². The van der Waals surface area contributed by atoms with Crippen molar-refractivity contribution in [1.82, 2.24) is 5.32 Å². The molecule has 16 heavy (non-hydrogen) atoms. The molecule has 0 aliphatic heterocycles. The molecular formula is C14H22FN. The molecule has 0 heterocycles. The summed E-state index contributed by atoms with van der Waals surface area (Å²) in [6.07, 6.45) is 2.36. The Morgan fingerprint density at radius 3 is 2.56 bits per heavy atom. The van der Waals surface area contributed by atoms with Crippen molar-refractivity contribution in [3.05, 3.63) is 35.1 Å². The zero-order valence-electron chi connectivity index (χ0n) is 10.7. The van der Waals surface area contributed by atoms with Crippen LogP contribution in [0.3, 0.4) is 0 Å². The van der Waals surface area contributed by atoms with Gasteiger partial charge in [-0.25, -0.2) is 4.39 Å². The van der Waals surface area contributed by atoms with Crippen LogP contribution < -0.4 is 5.32 Å². The molecule has 1 aromatic carbocycles. The lowest BCUT2D eigenvalue weighted by atomic mass is 9.90. The van der Waals surface area contributed by atoms with Gasteiger partial charge in [-0.05, 0) is 43.5 Å². The maximum atomic E-state index is 13.2. The van der Waals surface area contributed by atoms with Crippen molar-refractivity contribution in [2.45, 2.75) is 39.7 Å². The van der Waals surface area contributed by atoms with Gasteiger partial charge in [0.05, 0.1) is 0 Å². The number of aryl methyl sites for hydroxylation is 1. The summed E-state index contributed by atoms with van der Waals surface area (Å²) >= 11 is 0. The van der Waals surface area contributed by atoms with E-state index in [4.69, 9.17) is 0 Å². The van der Waals surface area contributed by atoms with Crippen LogP contribution in [0, 0.1) is 18.7 Å². The van der Waals surface area contributed by atoms with Gasteiger partial charge in [0.15, 0.2) is 0 Å². The van der Waals surface area contributed by atoms with Gasteiger partial charge < -0.3 is 5.32 Å². The fraction of sp³-hybridized carbons (Fsp3) is 0.571. The second-order valence-corrected chi connectivity index (χ2v) is 4.54. The van der Waals surface area contributed by atoms with Crippen molar-refractivity contribution >= 4 is 0 Å². The molecule has 2 heteroatoms. The first kappa shape index (κ1) is 13.2. The number of benzene rings is 1.